The Hall–Kier alpha value is -1.59. The van der Waals surface area contributed by atoms with Crippen LogP contribution in [0.1, 0.15) is 24.8 Å². The molecule has 1 aromatic carbocycles. The number of aliphatic carboxylic acids is 1. The maximum atomic E-state index is 11.1. The topological polar surface area (TPSA) is 81.8 Å². The molecule has 2 rings (SSSR count). The molecule has 0 heterocycles. The Balaban J connectivity index is 1.90. The number of nitrogens with two attached hydrogens (primary N) is 1. The van der Waals surface area contributed by atoms with Crippen molar-refractivity contribution in [2.45, 2.75) is 37.3 Å². The summed E-state index contributed by atoms with van der Waals surface area (Å²) in [5.74, 6) is -0.190. The molecule has 110 valence electrons. The molecule has 0 radical (unpaired) electrons. The van der Waals surface area contributed by atoms with Gasteiger partial charge in [-0.05, 0) is 37.0 Å². The van der Waals surface area contributed by atoms with Gasteiger partial charge in [-0.15, -0.1) is 0 Å². The van der Waals surface area contributed by atoms with Crippen molar-refractivity contribution in [1.82, 2.24) is 0 Å². The number of carbonyl (C=O) groups is 1. The standard InChI is InChI=1S/C15H21NO4/c1-19-9-7-11-2-4-12(5-3-11)20-13-6-8-15(16,10-13)14(17)18/h2-5,13H,6-10,16H2,1H3,(H,17,18). The summed E-state index contributed by atoms with van der Waals surface area (Å²) < 4.78 is 10.8. The van der Waals surface area contributed by atoms with E-state index in [0.717, 1.165) is 12.2 Å². The lowest BCUT2D eigenvalue weighted by Gasteiger charge is -2.18. The highest BCUT2D eigenvalue weighted by Crippen LogP contribution is 2.31. The minimum Gasteiger partial charge on any atom is -0.490 e. The molecule has 1 saturated carbocycles. The van der Waals surface area contributed by atoms with Gasteiger partial charge in [-0.25, -0.2) is 0 Å². The summed E-state index contributed by atoms with van der Waals surface area (Å²) >= 11 is 0. The first-order chi connectivity index (χ1) is 9.53. The van der Waals surface area contributed by atoms with Crippen molar-refractivity contribution in [3.8, 4) is 5.75 Å². The summed E-state index contributed by atoms with van der Waals surface area (Å²) in [5.41, 5.74) is 5.88. The molecule has 1 aliphatic carbocycles. The lowest BCUT2D eigenvalue weighted by molar-refractivity contribution is -0.143. The minimum atomic E-state index is -1.14. The van der Waals surface area contributed by atoms with Crippen LogP contribution in [0.4, 0.5) is 0 Å². The molecule has 1 fully saturated rings. The molecule has 1 aliphatic rings. The largest absolute Gasteiger partial charge is 0.490 e. The number of hydrogen-bond acceptors (Lipinski definition) is 4. The van der Waals surface area contributed by atoms with Gasteiger partial charge in [-0.1, -0.05) is 12.1 Å². The first kappa shape index (κ1) is 14.8. The van der Waals surface area contributed by atoms with Gasteiger partial charge in [0.05, 0.1) is 6.61 Å². The summed E-state index contributed by atoms with van der Waals surface area (Å²) in [6.07, 6.45) is 2.23. The quantitative estimate of drug-likeness (QED) is 0.826. The number of methoxy groups -OCH3 is 1. The van der Waals surface area contributed by atoms with Crippen LogP contribution in [0.5, 0.6) is 5.75 Å². The Morgan fingerprint density at radius 2 is 2.15 bits per heavy atom. The molecular formula is C15H21NO4. The monoisotopic (exact) mass is 279 g/mol. The molecule has 0 spiro atoms. The molecule has 2 unspecified atom stereocenters. The lowest BCUT2D eigenvalue weighted by Crippen LogP contribution is -2.46. The Morgan fingerprint density at radius 3 is 2.70 bits per heavy atom. The van der Waals surface area contributed by atoms with Crippen molar-refractivity contribution in [2.24, 2.45) is 5.73 Å². The van der Waals surface area contributed by atoms with Gasteiger partial charge in [0.2, 0.25) is 0 Å². The van der Waals surface area contributed by atoms with E-state index in [-0.39, 0.29) is 6.10 Å². The molecule has 5 nitrogen and oxygen atoms in total. The number of ether oxygens (including phenoxy) is 2. The smallest absolute Gasteiger partial charge is 0.323 e. The zero-order valence-electron chi connectivity index (χ0n) is 11.7. The summed E-state index contributed by atoms with van der Waals surface area (Å²) in [6.45, 7) is 0.692. The zero-order valence-corrected chi connectivity index (χ0v) is 11.7. The van der Waals surface area contributed by atoms with Gasteiger partial charge in [0.1, 0.15) is 17.4 Å². The minimum absolute atomic E-state index is 0.124. The van der Waals surface area contributed by atoms with Gasteiger partial charge in [0, 0.05) is 13.5 Å². The maximum Gasteiger partial charge on any atom is 0.323 e. The van der Waals surface area contributed by atoms with E-state index in [2.05, 4.69) is 0 Å². The van der Waals surface area contributed by atoms with Crippen LogP contribution in [-0.2, 0) is 16.0 Å². The molecule has 1 aromatic rings. The van der Waals surface area contributed by atoms with E-state index in [0.29, 0.717) is 25.9 Å². The zero-order chi connectivity index (χ0) is 14.6. The van der Waals surface area contributed by atoms with E-state index in [1.54, 1.807) is 7.11 Å². The van der Waals surface area contributed by atoms with Crippen molar-refractivity contribution < 1.29 is 19.4 Å². The van der Waals surface area contributed by atoms with Gasteiger partial charge in [0.25, 0.3) is 0 Å². The normalized spacial score (nSPS) is 25.6. The Morgan fingerprint density at radius 1 is 1.45 bits per heavy atom. The van der Waals surface area contributed by atoms with Crippen LogP contribution in [0.2, 0.25) is 0 Å². The molecule has 2 atom stereocenters. The van der Waals surface area contributed by atoms with Crippen LogP contribution in [-0.4, -0.2) is 36.4 Å². The molecule has 20 heavy (non-hydrogen) atoms. The maximum absolute atomic E-state index is 11.1. The molecular weight excluding hydrogens is 258 g/mol. The Labute approximate surface area is 118 Å². The number of benzene rings is 1. The predicted octanol–water partition coefficient (Wildman–Crippen LogP) is 1.59. The van der Waals surface area contributed by atoms with Crippen LogP contribution >= 0.6 is 0 Å². The molecule has 3 N–H and O–H groups in total. The van der Waals surface area contributed by atoms with Crippen molar-refractivity contribution in [3.05, 3.63) is 29.8 Å². The van der Waals surface area contributed by atoms with Crippen LogP contribution in [0.3, 0.4) is 0 Å². The fourth-order valence-electron chi connectivity index (χ4n) is 2.47. The number of carboxylic acids is 1. The first-order valence-corrected chi connectivity index (χ1v) is 6.80. The number of carboxylic acid groups (broad SMARTS) is 1. The summed E-state index contributed by atoms with van der Waals surface area (Å²) in [5, 5.41) is 9.08. The number of hydrogen-bond donors (Lipinski definition) is 2. The highest BCUT2D eigenvalue weighted by Gasteiger charge is 2.43. The Bertz CT molecular complexity index is 459. The Kier molecular flexibility index (Phi) is 4.62. The van der Waals surface area contributed by atoms with Crippen LogP contribution in [0.15, 0.2) is 24.3 Å². The molecule has 0 amide bonds. The first-order valence-electron chi connectivity index (χ1n) is 6.80. The summed E-state index contributed by atoms with van der Waals surface area (Å²) in [4.78, 5) is 11.1. The second-order valence-corrected chi connectivity index (χ2v) is 5.33. The van der Waals surface area contributed by atoms with Gasteiger partial charge >= 0.3 is 5.97 Å². The van der Waals surface area contributed by atoms with E-state index in [4.69, 9.17) is 20.3 Å². The van der Waals surface area contributed by atoms with E-state index in [9.17, 15) is 4.79 Å². The van der Waals surface area contributed by atoms with E-state index < -0.39 is 11.5 Å². The summed E-state index contributed by atoms with van der Waals surface area (Å²) in [7, 11) is 1.68. The van der Waals surface area contributed by atoms with Gasteiger partial charge < -0.3 is 20.3 Å². The van der Waals surface area contributed by atoms with Crippen LogP contribution < -0.4 is 10.5 Å². The van der Waals surface area contributed by atoms with Gasteiger partial charge in [0.15, 0.2) is 0 Å². The van der Waals surface area contributed by atoms with E-state index in [1.165, 1.54) is 5.56 Å². The highest BCUT2D eigenvalue weighted by atomic mass is 16.5. The molecule has 5 heteroatoms. The van der Waals surface area contributed by atoms with Crippen LogP contribution in [0, 0.1) is 0 Å². The molecule has 0 aliphatic heterocycles. The van der Waals surface area contributed by atoms with Crippen molar-refractivity contribution >= 4 is 5.97 Å². The third kappa shape index (κ3) is 3.49. The highest BCUT2D eigenvalue weighted by molar-refractivity contribution is 5.79. The van der Waals surface area contributed by atoms with E-state index in [1.807, 2.05) is 24.3 Å². The average molecular weight is 279 g/mol. The second-order valence-electron chi connectivity index (χ2n) is 5.33. The van der Waals surface area contributed by atoms with Crippen molar-refractivity contribution in [3.63, 3.8) is 0 Å². The van der Waals surface area contributed by atoms with Crippen molar-refractivity contribution in [2.75, 3.05) is 13.7 Å². The molecule has 0 bridgehead atoms. The SMILES string of the molecule is COCCc1ccc(OC2CCC(N)(C(=O)O)C2)cc1. The molecule has 0 aromatic heterocycles. The molecule has 0 saturated heterocycles. The van der Waals surface area contributed by atoms with Crippen molar-refractivity contribution in [1.29, 1.82) is 0 Å². The van der Waals surface area contributed by atoms with Crippen LogP contribution in [0.25, 0.3) is 0 Å². The predicted molar refractivity (Wildman–Crippen MR) is 74.8 cm³/mol. The van der Waals surface area contributed by atoms with Gasteiger partial charge in [-0.2, -0.15) is 0 Å². The van der Waals surface area contributed by atoms with E-state index >= 15 is 0 Å². The third-order valence-electron chi connectivity index (χ3n) is 3.75. The lowest BCUT2D eigenvalue weighted by atomic mass is 10.00. The fourth-order valence-corrected chi connectivity index (χ4v) is 2.47. The van der Waals surface area contributed by atoms with Gasteiger partial charge in [-0.3, -0.25) is 4.79 Å². The number of rotatable bonds is 6. The second kappa shape index (κ2) is 6.24. The average Bonchev–Trinajstić information content (AvgIpc) is 2.81. The third-order valence-corrected chi connectivity index (χ3v) is 3.75. The summed E-state index contributed by atoms with van der Waals surface area (Å²) in [6, 6.07) is 7.80. The fraction of sp³-hybridized carbons (Fsp3) is 0.533.